The lowest BCUT2D eigenvalue weighted by Gasteiger charge is -2.02. The first-order valence-electron chi connectivity index (χ1n) is 5.03. The highest BCUT2D eigenvalue weighted by Gasteiger charge is 2.12. The van der Waals surface area contributed by atoms with Gasteiger partial charge in [-0.25, -0.2) is 0 Å². The highest BCUT2D eigenvalue weighted by Crippen LogP contribution is 2.23. The molecule has 0 aromatic heterocycles. The minimum absolute atomic E-state index is 0.138. The van der Waals surface area contributed by atoms with Crippen LogP contribution in [0.3, 0.4) is 0 Å². The molecule has 3 nitrogen and oxygen atoms in total. The van der Waals surface area contributed by atoms with Crippen molar-refractivity contribution < 1.29 is 14.3 Å². The number of Topliss-reactive ketones (excluding diaryl/α,β-unsaturated/α-hetero) is 2. The maximum Gasteiger partial charge on any atom is 0.170 e. The minimum atomic E-state index is -0.260. The van der Waals surface area contributed by atoms with Gasteiger partial charge in [-0.2, -0.15) is 0 Å². The summed E-state index contributed by atoms with van der Waals surface area (Å²) >= 11 is 11.5. The molecule has 92 valence electrons. The van der Waals surface area contributed by atoms with E-state index in [1.54, 1.807) is 6.07 Å². The molecule has 1 aromatic carbocycles. The van der Waals surface area contributed by atoms with Crippen LogP contribution in [-0.4, -0.2) is 25.3 Å². The summed E-state index contributed by atoms with van der Waals surface area (Å²) in [5, 5.41) is 0.691. The Morgan fingerprint density at radius 3 is 2.53 bits per heavy atom. The van der Waals surface area contributed by atoms with E-state index in [0.717, 1.165) is 0 Å². The standard InChI is InChI=1S/C12H12Cl2O3/c1-17-5-4-9(15)7-12(16)8-2-3-10(13)11(14)6-8/h2-3,6H,4-5,7H2,1H3. The molecule has 0 fully saturated rings. The van der Waals surface area contributed by atoms with Crippen LogP contribution < -0.4 is 0 Å². The molecule has 0 amide bonds. The largest absolute Gasteiger partial charge is 0.384 e. The van der Waals surface area contributed by atoms with Crippen molar-refractivity contribution >= 4 is 34.8 Å². The molecule has 0 radical (unpaired) electrons. The van der Waals surface area contributed by atoms with E-state index in [1.165, 1.54) is 19.2 Å². The monoisotopic (exact) mass is 274 g/mol. The average molecular weight is 275 g/mol. The fraction of sp³-hybridized carbons (Fsp3) is 0.333. The zero-order chi connectivity index (χ0) is 12.8. The van der Waals surface area contributed by atoms with Crippen molar-refractivity contribution in [1.29, 1.82) is 0 Å². The minimum Gasteiger partial charge on any atom is -0.384 e. The molecule has 0 aliphatic carbocycles. The van der Waals surface area contributed by atoms with Crippen LogP contribution >= 0.6 is 23.2 Å². The van der Waals surface area contributed by atoms with E-state index in [2.05, 4.69) is 0 Å². The third-order valence-corrected chi connectivity index (χ3v) is 2.92. The zero-order valence-electron chi connectivity index (χ0n) is 9.33. The number of rotatable bonds is 6. The van der Waals surface area contributed by atoms with Gasteiger partial charge in [0.1, 0.15) is 5.78 Å². The first-order chi connectivity index (χ1) is 8.04. The molecule has 0 spiro atoms. The Balaban J connectivity index is 2.63. The Hall–Kier alpha value is -0.900. The lowest BCUT2D eigenvalue weighted by atomic mass is 10.0. The molecule has 0 unspecified atom stereocenters. The smallest absolute Gasteiger partial charge is 0.170 e. The lowest BCUT2D eigenvalue weighted by molar-refractivity contribution is -0.119. The first-order valence-corrected chi connectivity index (χ1v) is 5.79. The summed E-state index contributed by atoms with van der Waals surface area (Å²) < 4.78 is 4.76. The van der Waals surface area contributed by atoms with Gasteiger partial charge in [0.05, 0.1) is 23.1 Å². The van der Waals surface area contributed by atoms with Crippen LogP contribution in [-0.2, 0) is 9.53 Å². The second-order valence-electron chi connectivity index (χ2n) is 3.51. The quantitative estimate of drug-likeness (QED) is 0.591. The summed E-state index contributed by atoms with van der Waals surface area (Å²) in [4.78, 5) is 23.1. The predicted molar refractivity (Wildman–Crippen MR) is 66.9 cm³/mol. The molecule has 17 heavy (non-hydrogen) atoms. The molecule has 0 aliphatic heterocycles. The van der Waals surface area contributed by atoms with Gasteiger partial charge in [-0.1, -0.05) is 23.2 Å². The molecule has 0 N–H and O–H groups in total. The SMILES string of the molecule is COCCC(=O)CC(=O)c1ccc(Cl)c(Cl)c1. The van der Waals surface area contributed by atoms with Crippen molar-refractivity contribution in [2.45, 2.75) is 12.8 Å². The third-order valence-electron chi connectivity index (χ3n) is 2.18. The summed E-state index contributed by atoms with van der Waals surface area (Å²) in [5.74, 6) is -0.410. The summed E-state index contributed by atoms with van der Waals surface area (Å²) in [6.07, 6.45) is 0.102. The average Bonchev–Trinajstić information content (AvgIpc) is 2.30. The van der Waals surface area contributed by atoms with E-state index in [4.69, 9.17) is 27.9 Å². The fourth-order valence-electron chi connectivity index (χ4n) is 1.26. The Morgan fingerprint density at radius 2 is 1.94 bits per heavy atom. The van der Waals surface area contributed by atoms with Gasteiger partial charge < -0.3 is 4.74 Å². The maximum atomic E-state index is 11.7. The van der Waals surface area contributed by atoms with Crippen molar-refractivity contribution in [1.82, 2.24) is 0 Å². The second kappa shape index (κ2) is 6.74. The van der Waals surface area contributed by atoms with Gasteiger partial charge in [0.25, 0.3) is 0 Å². The van der Waals surface area contributed by atoms with Crippen LogP contribution in [0, 0.1) is 0 Å². The van der Waals surface area contributed by atoms with Crippen LogP contribution in [0.5, 0.6) is 0 Å². The number of methoxy groups -OCH3 is 1. The first kappa shape index (κ1) is 14.2. The highest BCUT2D eigenvalue weighted by atomic mass is 35.5. The highest BCUT2D eigenvalue weighted by molar-refractivity contribution is 6.42. The van der Waals surface area contributed by atoms with Gasteiger partial charge in [0.2, 0.25) is 0 Å². The normalized spacial score (nSPS) is 10.3. The lowest BCUT2D eigenvalue weighted by Crippen LogP contribution is -2.10. The molecule has 1 rings (SSSR count). The Bertz CT molecular complexity index is 430. The van der Waals surface area contributed by atoms with E-state index < -0.39 is 0 Å². The summed E-state index contributed by atoms with van der Waals surface area (Å²) in [5.41, 5.74) is 0.394. The fourth-order valence-corrected chi connectivity index (χ4v) is 1.55. The number of hydrogen-bond donors (Lipinski definition) is 0. The number of benzene rings is 1. The van der Waals surface area contributed by atoms with Crippen LogP contribution in [0.4, 0.5) is 0 Å². The molecule has 0 atom stereocenters. The molecule has 0 saturated heterocycles. The number of carbonyl (C=O) groups excluding carboxylic acids is 2. The van der Waals surface area contributed by atoms with Crippen LogP contribution in [0.15, 0.2) is 18.2 Å². The van der Waals surface area contributed by atoms with Crippen molar-refractivity contribution in [2.75, 3.05) is 13.7 Å². The van der Waals surface area contributed by atoms with Crippen molar-refractivity contribution in [3.05, 3.63) is 33.8 Å². The topological polar surface area (TPSA) is 43.4 Å². The van der Waals surface area contributed by atoms with Crippen LogP contribution in [0.2, 0.25) is 10.0 Å². The molecule has 5 heteroatoms. The Kier molecular flexibility index (Phi) is 5.62. The number of ether oxygens (including phenoxy) is 1. The van der Waals surface area contributed by atoms with E-state index in [-0.39, 0.29) is 24.4 Å². The molecule has 1 aromatic rings. The van der Waals surface area contributed by atoms with Crippen molar-refractivity contribution in [3.8, 4) is 0 Å². The molecular formula is C12H12Cl2O3. The van der Waals surface area contributed by atoms with E-state index in [0.29, 0.717) is 22.2 Å². The van der Waals surface area contributed by atoms with Crippen LogP contribution in [0.1, 0.15) is 23.2 Å². The number of ketones is 2. The molecule has 0 saturated carbocycles. The van der Waals surface area contributed by atoms with E-state index >= 15 is 0 Å². The molecule has 0 bridgehead atoms. The second-order valence-corrected chi connectivity index (χ2v) is 4.32. The summed E-state index contributed by atoms with van der Waals surface area (Å²) in [7, 11) is 1.51. The summed E-state index contributed by atoms with van der Waals surface area (Å²) in [6, 6.07) is 4.56. The molecule has 0 aliphatic rings. The molecule has 0 heterocycles. The third kappa shape index (κ3) is 4.46. The molecular weight excluding hydrogens is 263 g/mol. The van der Waals surface area contributed by atoms with Crippen molar-refractivity contribution in [3.63, 3.8) is 0 Å². The van der Waals surface area contributed by atoms with Gasteiger partial charge in [-0.15, -0.1) is 0 Å². The van der Waals surface area contributed by atoms with Gasteiger partial charge in [0.15, 0.2) is 5.78 Å². The van der Waals surface area contributed by atoms with Gasteiger partial charge in [-0.05, 0) is 18.2 Å². The van der Waals surface area contributed by atoms with E-state index in [9.17, 15) is 9.59 Å². The van der Waals surface area contributed by atoms with Gasteiger partial charge in [-0.3, -0.25) is 9.59 Å². The summed E-state index contributed by atoms with van der Waals surface area (Å²) in [6.45, 7) is 0.327. The van der Waals surface area contributed by atoms with E-state index in [1.807, 2.05) is 0 Å². The number of hydrogen-bond acceptors (Lipinski definition) is 3. The number of halogens is 2. The zero-order valence-corrected chi connectivity index (χ0v) is 10.8. The van der Waals surface area contributed by atoms with Crippen molar-refractivity contribution in [2.24, 2.45) is 0 Å². The Morgan fingerprint density at radius 1 is 1.24 bits per heavy atom. The Labute approximate surface area is 110 Å². The van der Waals surface area contributed by atoms with Gasteiger partial charge in [0, 0.05) is 19.1 Å². The maximum absolute atomic E-state index is 11.7. The number of carbonyl (C=O) groups is 2. The van der Waals surface area contributed by atoms with Crippen LogP contribution in [0.25, 0.3) is 0 Å². The predicted octanol–water partition coefficient (Wildman–Crippen LogP) is 3.17. The van der Waals surface area contributed by atoms with Gasteiger partial charge >= 0.3 is 0 Å².